The first-order valence-electron chi connectivity index (χ1n) is 8.57. The summed E-state index contributed by atoms with van der Waals surface area (Å²) in [6.07, 6.45) is -0.107. The fourth-order valence-corrected chi connectivity index (χ4v) is 3.24. The first-order chi connectivity index (χ1) is 13.2. The molecule has 6 N–H and O–H groups in total. The molecule has 0 amide bonds. The van der Waals surface area contributed by atoms with Gasteiger partial charge in [0, 0.05) is 11.8 Å². The fourth-order valence-electron chi connectivity index (χ4n) is 3.24. The number of aliphatic hydroxyl groups is 4. The minimum absolute atomic E-state index is 0.0273. The van der Waals surface area contributed by atoms with Crippen molar-refractivity contribution in [3.05, 3.63) is 24.2 Å². The zero-order valence-electron chi connectivity index (χ0n) is 15.3. The molecule has 3 rings (SSSR count). The van der Waals surface area contributed by atoms with Crippen LogP contribution in [0.3, 0.4) is 0 Å². The first-order valence-corrected chi connectivity index (χ1v) is 8.57. The third kappa shape index (κ3) is 3.18. The Morgan fingerprint density at radius 3 is 2.82 bits per heavy atom. The van der Waals surface area contributed by atoms with Crippen LogP contribution in [0.1, 0.15) is 25.6 Å². The van der Waals surface area contributed by atoms with E-state index in [4.69, 9.17) is 15.2 Å². The van der Waals surface area contributed by atoms with Gasteiger partial charge in [-0.1, -0.05) is 0 Å². The number of fused-ring (bicyclic) bond motifs is 1. The van der Waals surface area contributed by atoms with Gasteiger partial charge in [-0.05, 0) is 13.8 Å². The smallest absolute Gasteiger partial charge is 0.334 e. The van der Waals surface area contributed by atoms with Crippen molar-refractivity contribution in [2.75, 3.05) is 18.9 Å². The summed E-state index contributed by atoms with van der Waals surface area (Å²) in [5.41, 5.74) is 4.46. The van der Waals surface area contributed by atoms with Crippen molar-refractivity contribution < 1.29 is 34.7 Å². The average Bonchev–Trinajstić information content (AvgIpc) is 3.12. The van der Waals surface area contributed by atoms with Crippen LogP contribution < -0.4 is 5.73 Å². The summed E-state index contributed by atoms with van der Waals surface area (Å²) in [6.45, 7) is 2.60. The van der Waals surface area contributed by atoms with Crippen LogP contribution in [0.25, 0.3) is 16.8 Å². The molecule has 0 aliphatic carbocycles. The van der Waals surface area contributed by atoms with Crippen LogP contribution in [-0.2, 0) is 14.3 Å². The number of aliphatic hydroxyl groups excluding tert-OH is 3. The maximum Gasteiger partial charge on any atom is 0.334 e. The van der Waals surface area contributed by atoms with Crippen LogP contribution in [0.5, 0.6) is 0 Å². The third-order valence-electron chi connectivity index (χ3n) is 4.64. The highest BCUT2D eigenvalue weighted by atomic mass is 16.6. The summed E-state index contributed by atoms with van der Waals surface area (Å²) in [4.78, 5) is 19.7. The van der Waals surface area contributed by atoms with Crippen LogP contribution in [0.4, 0.5) is 5.82 Å². The zero-order valence-corrected chi connectivity index (χ0v) is 15.3. The molecule has 1 saturated heterocycles. The van der Waals surface area contributed by atoms with E-state index < -0.39 is 42.4 Å². The number of rotatable bonds is 5. The van der Waals surface area contributed by atoms with Gasteiger partial charge in [0.25, 0.3) is 0 Å². The number of carbonyl (C=O) groups is 1. The van der Waals surface area contributed by atoms with E-state index in [0.29, 0.717) is 0 Å². The van der Waals surface area contributed by atoms with E-state index in [9.17, 15) is 25.2 Å². The Labute approximate surface area is 159 Å². The number of hydrogen-bond acceptors (Lipinski definition) is 10. The lowest BCUT2D eigenvalue weighted by Gasteiger charge is -2.27. The number of hydrogen-bond donors (Lipinski definition) is 5. The maximum atomic E-state index is 11.7. The predicted molar refractivity (Wildman–Crippen MR) is 96.8 cm³/mol. The lowest BCUT2D eigenvalue weighted by atomic mass is 9.96. The van der Waals surface area contributed by atoms with E-state index in [1.54, 1.807) is 6.92 Å². The third-order valence-corrected chi connectivity index (χ3v) is 4.64. The largest absolute Gasteiger partial charge is 0.507 e. The monoisotopic (exact) mass is 394 g/mol. The summed E-state index contributed by atoms with van der Waals surface area (Å²) in [5.74, 6) is -1.17. The number of carbonyl (C=O) groups excluding carboxylic acids is 1. The van der Waals surface area contributed by atoms with Crippen molar-refractivity contribution in [2.24, 2.45) is 0 Å². The van der Waals surface area contributed by atoms with Crippen LogP contribution in [0, 0.1) is 0 Å². The van der Waals surface area contributed by atoms with Crippen molar-refractivity contribution in [3.8, 4) is 0 Å². The van der Waals surface area contributed by atoms with E-state index in [1.165, 1.54) is 24.0 Å². The Hall–Kier alpha value is -2.73. The number of nitrogen functional groups attached to an aromatic ring is 1. The number of ether oxygens (including phenoxy) is 2. The normalized spacial score (nSPS) is 28.0. The second-order valence-electron chi connectivity index (χ2n) is 6.57. The summed E-state index contributed by atoms with van der Waals surface area (Å²) in [6, 6.07) is 0. The average molecular weight is 394 g/mol. The van der Waals surface area contributed by atoms with Crippen LogP contribution in [0.15, 0.2) is 18.6 Å². The Bertz CT molecular complexity index is 924. The molecule has 0 aromatic carbocycles. The molecule has 1 aliphatic rings. The molecule has 2 unspecified atom stereocenters. The second-order valence-corrected chi connectivity index (χ2v) is 6.57. The molecule has 28 heavy (non-hydrogen) atoms. The Kier molecular flexibility index (Phi) is 5.26. The van der Waals surface area contributed by atoms with Crippen molar-refractivity contribution in [3.63, 3.8) is 0 Å². The van der Waals surface area contributed by atoms with E-state index in [2.05, 4.69) is 9.97 Å². The molecular weight excluding hydrogens is 372 g/mol. The maximum absolute atomic E-state index is 11.7. The molecule has 0 spiro atoms. The minimum Gasteiger partial charge on any atom is -0.507 e. The molecule has 0 bridgehead atoms. The molecule has 2 aromatic heterocycles. The van der Waals surface area contributed by atoms with Gasteiger partial charge in [0.05, 0.1) is 24.7 Å². The molecule has 3 heterocycles. The fraction of sp³-hybridized carbons (Fsp3) is 0.471. The standard InChI is InChI=1S/C17H22N4O7/c1-3-27-11(24)4-9(23)8-5-21(15-12(8)14(18)19-7-20-15)16-17(2,26)13(25)10(6-22)28-16/h4-5,7,10,13,16,22-23,25-26H,3,6H2,1-2H3,(H2,18,19,20)/b9-4-/t10-,13-,16?,17?/m1/s1. The van der Waals surface area contributed by atoms with E-state index in [0.717, 1.165) is 6.08 Å². The molecule has 1 fully saturated rings. The zero-order chi connectivity index (χ0) is 20.6. The minimum atomic E-state index is -1.78. The van der Waals surface area contributed by atoms with Gasteiger partial charge in [-0.25, -0.2) is 14.8 Å². The summed E-state index contributed by atoms with van der Waals surface area (Å²) in [5, 5.41) is 41.0. The molecule has 152 valence electrons. The van der Waals surface area contributed by atoms with Gasteiger partial charge in [0.2, 0.25) is 0 Å². The lowest BCUT2D eigenvalue weighted by Crippen LogP contribution is -2.44. The van der Waals surface area contributed by atoms with Crippen molar-refractivity contribution >= 4 is 28.6 Å². The van der Waals surface area contributed by atoms with Crippen LogP contribution >= 0.6 is 0 Å². The molecule has 4 atom stereocenters. The van der Waals surface area contributed by atoms with Crippen LogP contribution in [0.2, 0.25) is 0 Å². The number of nitrogens with zero attached hydrogens (tertiary/aromatic N) is 3. The predicted octanol–water partition coefficient (Wildman–Crippen LogP) is -0.523. The van der Waals surface area contributed by atoms with Gasteiger partial charge in [-0.15, -0.1) is 0 Å². The molecular formula is C17H22N4O7. The number of esters is 1. The quantitative estimate of drug-likeness (QED) is 0.252. The number of nitrogens with two attached hydrogens (primary N) is 1. The van der Waals surface area contributed by atoms with E-state index >= 15 is 0 Å². The Balaban J connectivity index is 2.16. The van der Waals surface area contributed by atoms with Crippen molar-refractivity contribution in [2.45, 2.75) is 37.9 Å². The highest BCUT2D eigenvalue weighted by Gasteiger charge is 2.53. The highest BCUT2D eigenvalue weighted by molar-refractivity contribution is 6.00. The summed E-state index contributed by atoms with van der Waals surface area (Å²) < 4.78 is 11.8. The molecule has 0 saturated carbocycles. The number of anilines is 1. The van der Waals surface area contributed by atoms with Gasteiger partial charge in [-0.2, -0.15) is 0 Å². The van der Waals surface area contributed by atoms with Gasteiger partial charge in [-0.3, -0.25) is 0 Å². The van der Waals surface area contributed by atoms with Gasteiger partial charge in [0.15, 0.2) is 6.23 Å². The summed E-state index contributed by atoms with van der Waals surface area (Å²) in [7, 11) is 0. The van der Waals surface area contributed by atoms with E-state index in [1.807, 2.05) is 0 Å². The van der Waals surface area contributed by atoms with Gasteiger partial charge < -0.3 is 40.2 Å². The van der Waals surface area contributed by atoms with Crippen molar-refractivity contribution in [1.82, 2.24) is 14.5 Å². The van der Waals surface area contributed by atoms with E-state index in [-0.39, 0.29) is 29.0 Å². The Morgan fingerprint density at radius 2 is 2.21 bits per heavy atom. The molecule has 11 nitrogen and oxygen atoms in total. The van der Waals surface area contributed by atoms with Crippen molar-refractivity contribution in [1.29, 1.82) is 0 Å². The van der Waals surface area contributed by atoms with Gasteiger partial charge >= 0.3 is 5.97 Å². The molecule has 1 aliphatic heterocycles. The highest BCUT2D eigenvalue weighted by Crippen LogP contribution is 2.41. The lowest BCUT2D eigenvalue weighted by molar-refractivity contribution is -0.137. The molecule has 2 aromatic rings. The Morgan fingerprint density at radius 1 is 1.50 bits per heavy atom. The summed E-state index contributed by atoms with van der Waals surface area (Å²) >= 11 is 0. The molecule has 11 heteroatoms. The SMILES string of the molecule is CCOC(=O)/C=C(\O)c1cn(C2O[C@H](CO)[C@@H](O)C2(C)O)c2ncnc(N)c12. The van der Waals surface area contributed by atoms with Gasteiger partial charge in [0.1, 0.15) is 41.4 Å². The number of aromatic nitrogens is 3. The second kappa shape index (κ2) is 7.36. The van der Waals surface area contributed by atoms with Crippen LogP contribution in [-0.4, -0.2) is 72.0 Å². The molecule has 0 radical (unpaired) electrons. The first kappa shape index (κ1) is 20.0. The topological polar surface area (TPSA) is 173 Å².